The molecule has 3 aromatic rings. The number of amides is 1. The Hall–Kier alpha value is -3.67. The molecule has 1 N–H and O–H groups in total. The predicted octanol–water partition coefficient (Wildman–Crippen LogP) is 3.43. The Morgan fingerprint density at radius 2 is 1.85 bits per heavy atom. The second-order valence-corrected chi connectivity index (χ2v) is 5.62. The fraction of sp³-hybridized carbons (Fsp3) is 0.0952. The quantitative estimate of drug-likeness (QED) is 0.517. The first-order valence-electron chi connectivity index (χ1n) is 8.34. The van der Waals surface area contributed by atoms with Crippen LogP contribution in [-0.2, 0) is 6.61 Å². The first-order chi connectivity index (χ1) is 13.3. The first kappa shape index (κ1) is 18.1. The molecule has 2 aromatic carbocycles. The monoisotopic (exact) mass is 361 g/mol. The van der Waals surface area contributed by atoms with Gasteiger partial charge in [0.1, 0.15) is 6.61 Å². The number of carbonyl (C=O) groups excluding carboxylic acids is 1. The summed E-state index contributed by atoms with van der Waals surface area (Å²) in [5, 5.41) is 3.98. The van der Waals surface area contributed by atoms with E-state index in [1.54, 1.807) is 43.9 Å². The summed E-state index contributed by atoms with van der Waals surface area (Å²) >= 11 is 0. The number of hydrogen-bond donors (Lipinski definition) is 1. The largest absolute Gasteiger partial charge is 0.493 e. The summed E-state index contributed by atoms with van der Waals surface area (Å²) in [5.74, 6) is 0.929. The van der Waals surface area contributed by atoms with E-state index in [0.29, 0.717) is 23.7 Å². The molecule has 27 heavy (non-hydrogen) atoms. The number of benzene rings is 2. The standard InChI is InChI=1S/C21H19N3O3/c1-26-20-13-17(14-23-24-21(25)18-9-11-22-12-10-18)7-8-19(20)27-15-16-5-3-2-4-6-16/h2-14H,15H2,1H3,(H,24,25)/b23-14+. The normalized spacial score (nSPS) is 10.6. The Kier molecular flexibility index (Phi) is 6.14. The van der Waals surface area contributed by atoms with E-state index in [0.717, 1.165) is 11.1 Å². The number of pyridine rings is 1. The van der Waals surface area contributed by atoms with E-state index in [2.05, 4.69) is 15.5 Å². The maximum absolute atomic E-state index is 11.9. The number of carbonyl (C=O) groups is 1. The van der Waals surface area contributed by atoms with Crippen LogP contribution in [0, 0.1) is 0 Å². The van der Waals surface area contributed by atoms with Gasteiger partial charge >= 0.3 is 0 Å². The highest BCUT2D eigenvalue weighted by Gasteiger charge is 2.06. The number of hydrogen-bond acceptors (Lipinski definition) is 5. The van der Waals surface area contributed by atoms with Gasteiger partial charge in [-0.1, -0.05) is 30.3 Å². The van der Waals surface area contributed by atoms with E-state index in [-0.39, 0.29) is 5.91 Å². The lowest BCUT2D eigenvalue weighted by atomic mass is 10.2. The van der Waals surface area contributed by atoms with E-state index in [9.17, 15) is 4.79 Å². The minimum absolute atomic E-state index is 0.302. The average Bonchev–Trinajstić information content (AvgIpc) is 2.74. The molecule has 0 aliphatic rings. The van der Waals surface area contributed by atoms with E-state index in [1.165, 1.54) is 0 Å². The second-order valence-electron chi connectivity index (χ2n) is 5.62. The Balaban J connectivity index is 1.62. The van der Waals surface area contributed by atoms with Crippen LogP contribution < -0.4 is 14.9 Å². The van der Waals surface area contributed by atoms with Crippen LogP contribution in [0.5, 0.6) is 11.5 Å². The molecule has 6 heteroatoms. The molecular formula is C21H19N3O3. The molecule has 0 saturated heterocycles. The zero-order valence-electron chi connectivity index (χ0n) is 14.8. The molecule has 0 aliphatic heterocycles. The van der Waals surface area contributed by atoms with Crippen LogP contribution >= 0.6 is 0 Å². The number of hydrazone groups is 1. The van der Waals surface area contributed by atoms with Crippen molar-refractivity contribution in [1.82, 2.24) is 10.4 Å². The summed E-state index contributed by atoms with van der Waals surface area (Å²) in [7, 11) is 1.58. The zero-order valence-corrected chi connectivity index (χ0v) is 14.8. The fourth-order valence-corrected chi connectivity index (χ4v) is 2.35. The highest BCUT2D eigenvalue weighted by molar-refractivity contribution is 5.94. The van der Waals surface area contributed by atoms with Crippen LogP contribution in [0.1, 0.15) is 21.5 Å². The van der Waals surface area contributed by atoms with Gasteiger partial charge in [0.05, 0.1) is 13.3 Å². The van der Waals surface area contributed by atoms with Crippen molar-refractivity contribution < 1.29 is 14.3 Å². The molecule has 136 valence electrons. The molecule has 0 radical (unpaired) electrons. The average molecular weight is 361 g/mol. The number of ether oxygens (including phenoxy) is 2. The molecular weight excluding hydrogens is 342 g/mol. The summed E-state index contributed by atoms with van der Waals surface area (Å²) in [6.45, 7) is 0.451. The molecule has 0 aliphatic carbocycles. The molecule has 0 atom stereocenters. The van der Waals surface area contributed by atoms with Gasteiger partial charge in [-0.3, -0.25) is 9.78 Å². The van der Waals surface area contributed by atoms with Crippen molar-refractivity contribution in [2.45, 2.75) is 6.61 Å². The highest BCUT2D eigenvalue weighted by atomic mass is 16.5. The van der Waals surface area contributed by atoms with Gasteiger partial charge in [-0.2, -0.15) is 5.10 Å². The number of methoxy groups -OCH3 is 1. The van der Waals surface area contributed by atoms with Gasteiger partial charge in [0.15, 0.2) is 11.5 Å². The minimum atomic E-state index is -0.302. The molecule has 3 rings (SSSR count). The number of rotatable bonds is 7. The van der Waals surface area contributed by atoms with Gasteiger partial charge in [-0.25, -0.2) is 5.43 Å². The third kappa shape index (κ3) is 5.15. The molecule has 1 heterocycles. The molecule has 1 amide bonds. The molecule has 0 bridgehead atoms. The Morgan fingerprint density at radius 3 is 2.59 bits per heavy atom. The predicted molar refractivity (Wildman–Crippen MR) is 103 cm³/mol. The minimum Gasteiger partial charge on any atom is -0.493 e. The lowest BCUT2D eigenvalue weighted by molar-refractivity contribution is 0.0955. The molecule has 1 aromatic heterocycles. The summed E-state index contributed by atoms with van der Waals surface area (Å²) in [5.41, 5.74) is 4.81. The summed E-state index contributed by atoms with van der Waals surface area (Å²) in [6.07, 6.45) is 4.65. The van der Waals surface area contributed by atoms with E-state index >= 15 is 0 Å². The second kappa shape index (κ2) is 9.15. The molecule has 0 spiro atoms. The number of aromatic nitrogens is 1. The van der Waals surface area contributed by atoms with Crippen molar-refractivity contribution in [3.63, 3.8) is 0 Å². The van der Waals surface area contributed by atoms with Crippen LogP contribution in [0.3, 0.4) is 0 Å². The third-order valence-corrected chi connectivity index (χ3v) is 3.75. The third-order valence-electron chi connectivity index (χ3n) is 3.75. The lowest BCUT2D eigenvalue weighted by Gasteiger charge is -2.11. The van der Waals surface area contributed by atoms with Gasteiger partial charge in [0.2, 0.25) is 0 Å². The van der Waals surface area contributed by atoms with Gasteiger partial charge in [-0.15, -0.1) is 0 Å². The number of nitrogens with one attached hydrogen (secondary N) is 1. The summed E-state index contributed by atoms with van der Waals surface area (Å²) < 4.78 is 11.2. The lowest BCUT2D eigenvalue weighted by Crippen LogP contribution is -2.17. The number of nitrogens with zero attached hydrogens (tertiary/aromatic N) is 2. The van der Waals surface area contributed by atoms with Crippen molar-refractivity contribution in [2.75, 3.05) is 7.11 Å². The summed E-state index contributed by atoms with van der Waals surface area (Å²) in [4.78, 5) is 15.8. The van der Waals surface area contributed by atoms with Crippen molar-refractivity contribution in [3.05, 3.63) is 89.7 Å². The van der Waals surface area contributed by atoms with Crippen molar-refractivity contribution >= 4 is 12.1 Å². The topological polar surface area (TPSA) is 72.8 Å². The molecule has 0 saturated carbocycles. The highest BCUT2D eigenvalue weighted by Crippen LogP contribution is 2.28. The summed E-state index contributed by atoms with van der Waals surface area (Å²) in [6, 6.07) is 18.6. The Morgan fingerprint density at radius 1 is 1.07 bits per heavy atom. The Labute approximate surface area is 157 Å². The van der Waals surface area contributed by atoms with Crippen molar-refractivity contribution in [1.29, 1.82) is 0 Å². The Bertz CT molecular complexity index is 912. The van der Waals surface area contributed by atoms with E-state index < -0.39 is 0 Å². The first-order valence-corrected chi connectivity index (χ1v) is 8.34. The van der Waals surface area contributed by atoms with Crippen LogP contribution in [0.15, 0.2) is 78.2 Å². The fourth-order valence-electron chi connectivity index (χ4n) is 2.35. The zero-order chi connectivity index (χ0) is 18.9. The van der Waals surface area contributed by atoms with Crippen molar-refractivity contribution in [2.24, 2.45) is 5.10 Å². The van der Waals surface area contributed by atoms with Crippen LogP contribution in [0.4, 0.5) is 0 Å². The molecule has 6 nitrogen and oxygen atoms in total. The SMILES string of the molecule is COc1cc(/C=N/NC(=O)c2ccncc2)ccc1OCc1ccccc1. The van der Waals surface area contributed by atoms with Crippen LogP contribution in [0.25, 0.3) is 0 Å². The molecule has 0 fully saturated rings. The molecule has 0 unspecified atom stereocenters. The maximum Gasteiger partial charge on any atom is 0.271 e. The van der Waals surface area contributed by atoms with Gasteiger partial charge in [0, 0.05) is 18.0 Å². The van der Waals surface area contributed by atoms with E-state index in [4.69, 9.17) is 9.47 Å². The van der Waals surface area contributed by atoms with Crippen LogP contribution in [0.2, 0.25) is 0 Å². The van der Waals surface area contributed by atoms with Gasteiger partial charge < -0.3 is 9.47 Å². The van der Waals surface area contributed by atoms with Gasteiger partial charge in [0.25, 0.3) is 5.91 Å². The van der Waals surface area contributed by atoms with Crippen LogP contribution in [-0.4, -0.2) is 24.2 Å². The van der Waals surface area contributed by atoms with Crippen molar-refractivity contribution in [3.8, 4) is 11.5 Å². The smallest absolute Gasteiger partial charge is 0.271 e. The van der Waals surface area contributed by atoms with E-state index in [1.807, 2.05) is 42.5 Å². The maximum atomic E-state index is 11.9. The van der Waals surface area contributed by atoms with Gasteiger partial charge in [-0.05, 0) is 41.5 Å².